The summed E-state index contributed by atoms with van der Waals surface area (Å²) in [6, 6.07) is 13.5. The summed E-state index contributed by atoms with van der Waals surface area (Å²) in [6.07, 6.45) is 1.44. The maximum Gasteiger partial charge on any atom is 0.226 e. The minimum absolute atomic E-state index is 0.0362. The molecule has 0 saturated carbocycles. The molecular weight excluding hydrogens is 397 g/mol. The van der Waals surface area contributed by atoms with E-state index in [1.54, 1.807) is 23.9 Å². The maximum atomic E-state index is 13.8. The van der Waals surface area contributed by atoms with Gasteiger partial charge >= 0.3 is 0 Å². The lowest BCUT2D eigenvalue weighted by Crippen LogP contribution is -2.30. The van der Waals surface area contributed by atoms with Gasteiger partial charge in [0, 0.05) is 24.1 Å². The zero-order valence-corrected chi connectivity index (χ0v) is 18.3. The molecule has 0 atom stereocenters. The Hall–Kier alpha value is -3.35. The number of halogens is 1. The van der Waals surface area contributed by atoms with Gasteiger partial charge in [0.2, 0.25) is 11.8 Å². The lowest BCUT2D eigenvalue weighted by molar-refractivity contribution is -0.121. The van der Waals surface area contributed by atoms with Crippen LogP contribution in [-0.2, 0) is 17.6 Å². The molecule has 1 amide bonds. The van der Waals surface area contributed by atoms with Crippen molar-refractivity contribution in [3.8, 4) is 23.1 Å². The van der Waals surface area contributed by atoms with E-state index < -0.39 is 0 Å². The van der Waals surface area contributed by atoms with Crippen molar-refractivity contribution in [3.63, 3.8) is 0 Å². The number of amides is 1. The third-order valence-corrected chi connectivity index (χ3v) is 4.73. The fourth-order valence-corrected chi connectivity index (χ4v) is 3.29. The first-order valence-corrected chi connectivity index (χ1v) is 10.4. The highest BCUT2D eigenvalue weighted by molar-refractivity contribution is 5.76. The number of ether oxygens (including phenoxy) is 2. The third kappa shape index (κ3) is 5.63. The maximum absolute atomic E-state index is 13.8. The van der Waals surface area contributed by atoms with Crippen LogP contribution < -0.4 is 14.8 Å². The minimum Gasteiger partial charge on any atom is -0.497 e. The average Bonchev–Trinajstić information content (AvgIpc) is 3.09. The van der Waals surface area contributed by atoms with Crippen molar-refractivity contribution in [2.45, 2.75) is 46.1 Å². The number of nitrogens with one attached hydrogen (secondary N) is 1. The molecule has 2 aromatic carbocycles. The largest absolute Gasteiger partial charge is 0.497 e. The third-order valence-electron chi connectivity index (χ3n) is 4.73. The highest BCUT2D eigenvalue weighted by Gasteiger charge is 2.21. The molecule has 0 saturated heterocycles. The number of nitrogens with zero attached hydrogens (tertiary/aromatic N) is 2. The van der Waals surface area contributed by atoms with E-state index in [9.17, 15) is 9.18 Å². The smallest absolute Gasteiger partial charge is 0.226 e. The number of aromatic nitrogens is 2. The van der Waals surface area contributed by atoms with Crippen molar-refractivity contribution < 1.29 is 18.7 Å². The van der Waals surface area contributed by atoms with Crippen LogP contribution in [0.1, 0.15) is 38.4 Å². The average molecular weight is 426 g/mol. The molecule has 0 unspecified atom stereocenters. The molecule has 6 nitrogen and oxygen atoms in total. The van der Waals surface area contributed by atoms with Crippen LogP contribution in [0.2, 0.25) is 0 Å². The highest BCUT2D eigenvalue weighted by atomic mass is 19.1. The predicted octanol–water partition coefficient (Wildman–Crippen LogP) is 4.83. The Kier molecular flexibility index (Phi) is 7.28. The Morgan fingerprint density at radius 2 is 1.90 bits per heavy atom. The van der Waals surface area contributed by atoms with Crippen molar-refractivity contribution >= 4 is 5.91 Å². The van der Waals surface area contributed by atoms with Crippen molar-refractivity contribution in [2.24, 2.45) is 0 Å². The van der Waals surface area contributed by atoms with E-state index in [-0.39, 0.29) is 17.8 Å². The summed E-state index contributed by atoms with van der Waals surface area (Å²) in [6.45, 7) is 5.86. The number of hydrogen-bond donors (Lipinski definition) is 1. The van der Waals surface area contributed by atoms with Gasteiger partial charge in [-0.1, -0.05) is 13.0 Å². The number of methoxy groups -OCH3 is 1. The first-order valence-electron chi connectivity index (χ1n) is 10.4. The first-order chi connectivity index (χ1) is 14.9. The molecule has 1 aromatic heterocycles. The van der Waals surface area contributed by atoms with Gasteiger partial charge < -0.3 is 14.8 Å². The van der Waals surface area contributed by atoms with Crippen molar-refractivity contribution in [2.75, 3.05) is 7.11 Å². The molecule has 0 bridgehead atoms. The van der Waals surface area contributed by atoms with Gasteiger partial charge in [-0.05, 0) is 63.1 Å². The molecule has 0 fully saturated rings. The Labute approximate surface area is 182 Å². The van der Waals surface area contributed by atoms with Crippen LogP contribution in [0.15, 0.2) is 48.5 Å². The van der Waals surface area contributed by atoms with Crippen LogP contribution in [0.4, 0.5) is 4.39 Å². The van der Waals surface area contributed by atoms with Gasteiger partial charge in [0.05, 0.1) is 18.5 Å². The van der Waals surface area contributed by atoms with E-state index in [4.69, 9.17) is 14.6 Å². The lowest BCUT2D eigenvalue weighted by atomic mass is 10.1. The molecule has 164 valence electrons. The number of rotatable bonds is 9. The Morgan fingerprint density at radius 3 is 2.52 bits per heavy atom. The van der Waals surface area contributed by atoms with Gasteiger partial charge in [0.15, 0.2) is 0 Å². The zero-order chi connectivity index (χ0) is 22.4. The van der Waals surface area contributed by atoms with Gasteiger partial charge in [-0.15, -0.1) is 0 Å². The summed E-state index contributed by atoms with van der Waals surface area (Å²) >= 11 is 0. The SMILES string of the molecule is CCc1nn(-c2ccc(OC)cc2)c(Oc2cccc(F)c2)c1CCC(=O)NC(C)C. The minimum atomic E-state index is -0.387. The quantitative estimate of drug-likeness (QED) is 0.533. The van der Waals surface area contributed by atoms with Crippen LogP contribution in [0.25, 0.3) is 5.69 Å². The van der Waals surface area contributed by atoms with Crippen molar-refractivity contribution in [1.29, 1.82) is 0 Å². The lowest BCUT2D eigenvalue weighted by Gasteiger charge is -2.12. The predicted molar refractivity (Wildman–Crippen MR) is 118 cm³/mol. The molecule has 0 aliphatic heterocycles. The molecular formula is C24H28FN3O3. The summed E-state index contributed by atoms with van der Waals surface area (Å²) in [5.74, 6) is 1.15. The Balaban J connectivity index is 2.02. The summed E-state index contributed by atoms with van der Waals surface area (Å²) < 4.78 is 26.8. The summed E-state index contributed by atoms with van der Waals surface area (Å²) in [5.41, 5.74) is 2.45. The molecule has 3 rings (SSSR count). The topological polar surface area (TPSA) is 65.4 Å². The number of carbonyl (C=O) groups is 1. The molecule has 1 heterocycles. The van der Waals surface area contributed by atoms with E-state index in [0.29, 0.717) is 30.9 Å². The number of aryl methyl sites for hydroxylation is 1. The Bertz CT molecular complexity index is 1030. The molecule has 7 heteroatoms. The molecule has 0 radical (unpaired) electrons. The van der Waals surface area contributed by atoms with Crippen LogP contribution in [-0.4, -0.2) is 28.8 Å². The zero-order valence-electron chi connectivity index (χ0n) is 18.3. The molecule has 31 heavy (non-hydrogen) atoms. The van der Waals surface area contributed by atoms with E-state index in [2.05, 4.69) is 5.32 Å². The van der Waals surface area contributed by atoms with Crippen LogP contribution in [0.5, 0.6) is 17.4 Å². The van der Waals surface area contributed by atoms with Crippen LogP contribution >= 0.6 is 0 Å². The fraction of sp³-hybridized carbons (Fsp3) is 0.333. The standard InChI is InChI=1S/C24H28FN3O3/c1-5-22-21(13-14-23(29)26-16(2)3)24(31-20-8-6-7-17(25)15-20)28(27-22)18-9-11-19(30-4)12-10-18/h6-12,15-16H,5,13-14H2,1-4H3,(H,26,29). The normalized spacial score (nSPS) is 10.9. The van der Waals surface area contributed by atoms with Gasteiger partial charge in [0.25, 0.3) is 0 Å². The second kappa shape index (κ2) is 10.1. The van der Waals surface area contributed by atoms with Gasteiger partial charge in [-0.2, -0.15) is 5.10 Å². The van der Waals surface area contributed by atoms with E-state index in [0.717, 1.165) is 22.7 Å². The first kappa shape index (κ1) is 22.3. The molecule has 1 N–H and O–H groups in total. The Morgan fingerprint density at radius 1 is 1.16 bits per heavy atom. The van der Waals surface area contributed by atoms with Gasteiger partial charge in [0.1, 0.15) is 17.3 Å². The molecule has 3 aromatic rings. The van der Waals surface area contributed by atoms with Crippen LogP contribution in [0.3, 0.4) is 0 Å². The van der Waals surface area contributed by atoms with Gasteiger partial charge in [-0.3, -0.25) is 4.79 Å². The monoisotopic (exact) mass is 425 g/mol. The van der Waals surface area contributed by atoms with E-state index in [1.165, 1.54) is 12.1 Å². The fourth-order valence-electron chi connectivity index (χ4n) is 3.29. The van der Waals surface area contributed by atoms with Gasteiger partial charge in [-0.25, -0.2) is 9.07 Å². The van der Waals surface area contributed by atoms with Crippen molar-refractivity contribution in [1.82, 2.24) is 15.1 Å². The highest BCUT2D eigenvalue weighted by Crippen LogP contribution is 2.32. The van der Waals surface area contributed by atoms with Crippen molar-refractivity contribution in [3.05, 3.63) is 65.6 Å². The number of carbonyl (C=O) groups excluding carboxylic acids is 1. The number of hydrogen-bond acceptors (Lipinski definition) is 4. The van der Waals surface area contributed by atoms with Crippen LogP contribution in [0, 0.1) is 5.82 Å². The van der Waals surface area contributed by atoms with E-state index in [1.807, 2.05) is 45.0 Å². The molecule has 0 spiro atoms. The summed E-state index contributed by atoms with van der Waals surface area (Å²) in [4.78, 5) is 12.2. The number of benzene rings is 2. The second-order valence-corrected chi connectivity index (χ2v) is 7.48. The second-order valence-electron chi connectivity index (χ2n) is 7.48. The summed E-state index contributed by atoms with van der Waals surface area (Å²) in [7, 11) is 1.61. The van der Waals surface area contributed by atoms with E-state index >= 15 is 0 Å². The summed E-state index contributed by atoms with van der Waals surface area (Å²) in [5, 5.41) is 7.65. The molecule has 0 aliphatic rings. The molecule has 0 aliphatic carbocycles.